The molecule has 12 heteroatoms. The third kappa shape index (κ3) is 8.79. The summed E-state index contributed by atoms with van der Waals surface area (Å²) in [4.78, 5) is 24.7. The number of methoxy groups -OCH3 is 1. The van der Waals surface area contributed by atoms with Crippen LogP contribution in [0.4, 0.5) is 13.2 Å². The number of ether oxygens (including phenoxy) is 5. The molecule has 0 bridgehead atoms. The number of phenols is 1. The Morgan fingerprint density at radius 1 is 1.07 bits per heavy atom. The molecular weight excluding hydrogens is 557 g/mol. The quantitative estimate of drug-likeness (QED) is 0.140. The van der Waals surface area contributed by atoms with Gasteiger partial charge in [-0.3, -0.25) is 9.59 Å². The minimum atomic E-state index is -4.99. The molecule has 0 radical (unpaired) electrons. The predicted molar refractivity (Wildman–Crippen MR) is 140 cm³/mol. The maximum Gasteiger partial charge on any atom is 0.573 e. The normalized spacial score (nSPS) is 17.3. The molecule has 0 atom stereocenters. The van der Waals surface area contributed by atoms with Crippen molar-refractivity contribution in [1.29, 1.82) is 0 Å². The number of rotatable bonds is 11. The average molecular weight is 587 g/mol. The number of esters is 1. The van der Waals surface area contributed by atoms with E-state index >= 15 is 0 Å². The van der Waals surface area contributed by atoms with Crippen LogP contribution in [0.2, 0.25) is 5.02 Å². The van der Waals surface area contributed by atoms with Crippen molar-refractivity contribution in [2.75, 3.05) is 20.3 Å². The number of allylic oxidation sites excluding steroid dienone is 1. The van der Waals surface area contributed by atoms with Crippen LogP contribution < -0.4 is 14.2 Å². The summed E-state index contributed by atoms with van der Waals surface area (Å²) in [5.41, 5.74) is -0.585. The van der Waals surface area contributed by atoms with Gasteiger partial charge >= 0.3 is 12.3 Å². The molecule has 2 aromatic carbocycles. The van der Waals surface area contributed by atoms with Gasteiger partial charge < -0.3 is 28.8 Å². The first-order chi connectivity index (χ1) is 18.7. The van der Waals surface area contributed by atoms with Gasteiger partial charge in [-0.25, -0.2) is 0 Å². The Hall–Kier alpha value is -3.44. The first-order valence-corrected chi connectivity index (χ1v) is 12.7. The van der Waals surface area contributed by atoms with Gasteiger partial charge in [0.05, 0.1) is 36.3 Å². The van der Waals surface area contributed by atoms with E-state index in [0.717, 1.165) is 12.1 Å². The van der Waals surface area contributed by atoms with Crippen molar-refractivity contribution < 1.29 is 51.6 Å². The third-order valence-corrected chi connectivity index (χ3v) is 6.02. The second-order valence-corrected chi connectivity index (χ2v) is 10.4. The molecule has 40 heavy (non-hydrogen) atoms. The molecule has 0 aromatic heterocycles. The van der Waals surface area contributed by atoms with Gasteiger partial charge in [-0.1, -0.05) is 17.7 Å². The van der Waals surface area contributed by atoms with E-state index in [1.807, 2.05) is 0 Å². The number of ketones is 1. The van der Waals surface area contributed by atoms with Crippen molar-refractivity contribution in [3.63, 3.8) is 0 Å². The Balaban J connectivity index is 1.69. The fourth-order valence-corrected chi connectivity index (χ4v) is 3.97. The molecule has 1 saturated carbocycles. The molecular formula is C28H30ClF3O8. The Labute approximate surface area is 234 Å². The molecule has 0 unspecified atom stereocenters. The van der Waals surface area contributed by atoms with E-state index < -0.39 is 29.2 Å². The maximum atomic E-state index is 13.0. The molecule has 8 nitrogen and oxygen atoms in total. The highest BCUT2D eigenvalue weighted by atomic mass is 35.5. The zero-order chi connectivity index (χ0) is 29.7. The standard InChI is InChI=1S/C28H30ClF3O8/c1-27(2,3)40-26(35)17-12-18(13-17)37-10-11-38-22-15-23(36-4)24(39-28(30,31)32)14-16(22)8-9-21(33)19-6-5-7-20(29)25(19)34/h5-9,14-15,17-18,34H,10-13H2,1-4H3/b9-8+. The molecule has 1 aliphatic carbocycles. The SMILES string of the molecule is COc1cc(OCCOC2CC(C(=O)OC(C)(C)C)C2)c(/C=C/C(=O)c2cccc(Cl)c2O)cc1OC(F)(F)F. The fraction of sp³-hybridized carbons (Fsp3) is 0.429. The lowest BCUT2D eigenvalue weighted by Crippen LogP contribution is -2.40. The van der Waals surface area contributed by atoms with Crippen LogP contribution in [0.25, 0.3) is 6.08 Å². The smallest absolute Gasteiger partial charge is 0.506 e. The predicted octanol–water partition coefficient (Wildman–Crippen LogP) is 6.36. The van der Waals surface area contributed by atoms with Gasteiger partial charge in [-0.15, -0.1) is 13.2 Å². The van der Waals surface area contributed by atoms with E-state index in [1.165, 1.54) is 37.5 Å². The summed E-state index contributed by atoms with van der Waals surface area (Å²) in [7, 11) is 1.17. The molecule has 2 aromatic rings. The number of halogens is 4. The number of aromatic hydroxyl groups is 1. The molecule has 3 rings (SSSR count). The zero-order valence-corrected chi connectivity index (χ0v) is 23.1. The number of benzene rings is 2. The summed E-state index contributed by atoms with van der Waals surface area (Å²) in [6, 6.07) is 6.43. The van der Waals surface area contributed by atoms with Crippen LogP contribution in [0.3, 0.4) is 0 Å². The Bertz CT molecular complexity index is 1250. The van der Waals surface area contributed by atoms with Crippen molar-refractivity contribution >= 4 is 29.4 Å². The molecule has 1 N–H and O–H groups in total. The highest BCUT2D eigenvalue weighted by Gasteiger charge is 2.38. The molecule has 218 valence electrons. The van der Waals surface area contributed by atoms with Crippen molar-refractivity contribution in [2.24, 2.45) is 5.92 Å². The molecule has 1 aliphatic rings. The fourth-order valence-electron chi connectivity index (χ4n) is 3.79. The lowest BCUT2D eigenvalue weighted by molar-refractivity contribution is -0.275. The number of para-hydroxylation sites is 1. The van der Waals surface area contributed by atoms with E-state index in [0.29, 0.717) is 12.8 Å². The highest BCUT2D eigenvalue weighted by Crippen LogP contribution is 2.39. The summed E-state index contributed by atoms with van der Waals surface area (Å²) in [6.45, 7) is 5.54. The van der Waals surface area contributed by atoms with Gasteiger partial charge in [-0.2, -0.15) is 0 Å². The second kappa shape index (κ2) is 12.8. The van der Waals surface area contributed by atoms with Crippen LogP contribution in [0.5, 0.6) is 23.0 Å². The number of hydrogen-bond acceptors (Lipinski definition) is 8. The number of carbonyl (C=O) groups is 2. The Kier molecular flexibility index (Phi) is 9.96. The summed E-state index contributed by atoms with van der Waals surface area (Å²) in [6.07, 6.45) is -1.84. The van der Waals surface area contributed by atoms with E-state index in [1.54, 1.807) is 20.8 Å². The van der Waals surface area contributed by atoms with Crippen LogP contribution >= 0.6 is 11.6 Å². The molecule has 1 fully saturated rings. The monoisotopic (exact) mass is 586 g/mol. The molecule has 0 spiro atoms. The first kappa shape index (κ1) is 31.1. The second-order valence-electron chi connectivity index (χ2n) is 9.97. The summed E-state index contributed by atoms with van der Waals surface area (Å²) >= 11 is 5.85. The van der Waals surface area contributed by atoms with Gasteiger partial charge in [0.25, 0.3) is 0 Å². The minimum absolute atomic E-state index is 0.0140. The van der Waals surface area contributed by atoms with Crippen LogP contribution in [-0.2, 0) is 14.3 Å². The van der Waals surface area contributed by atoms with Crippen molar-refractivity contribution in [3.05, 3.63) is 52.6 Å². The summed E-state index contributed by atoms with van der Waals surface area (Å²) in [5, 5.41) is 10.0. The molecule has 0 saturated heterocycles. The number of phenolic OH excluding ortho intramolecular Hbond substituents is 1. The lowest BCUT2D eigenvalue weighted by Gasteiger charge is -2.35. The van der Waals surface area contributed by atoms with Crippen LogP contribution in [-0.4, -0.2) is 55.3 Å². The lowest BCUT2D eigenvalue weighted by atomic mass is 9.82. The highest BCUT2D eigenvalue weighted by molar-refractivity contribution is 6.32. The van der Waals surface area contributed by atoms with Crippen molar-refractivity contribution in [3.8, 4) is 23.0 Å². The minimum Gasteiger partial charge on any atom is -0.506 e. The number of alkyl halides is 3. The van der Waals surface area contributed by atoms with Gasteiger partial charge in [0, 0.05) is 11.6 Å². The number of hydrogen-bond donors (Lipinski definition) is 1. The first-order valence-electron chi connectivity index (χ1n) is 12.3. The van der Waals surface area contributed by atoms with E-state index in [2.05, 4.69) is 4.74 Å². The van der Waals surface area contributed by atoms with Gasteiger partial charge in [-0.05, 0) is 64.0 Å². The average Bonchev–Trinajstić information content (AvgIpc) is 2.81. The van der Waals surface area contributed by atoms with Gasteiger partial charge in [0.15, 0.2) is 17.3 Å². The summed E-state index contributed by atoms with van der Waals surface area (Å²) in [5.74, 6) is -2.37. The maximum absolute atomic E-state index is 13.0. The Morgan fingerprint density at radius 3 is 2.40 bits per heavy atom. The van der Waals surface area contributed by atoms with E-state index in [4.69, 9.17) is 30.5 Å². The van der Waals surface area contributed by atoms with Gasteiger partial charge in [0.2, 0.25) is 0 Å². The topological polar surface area (TPSA) is 101 Å². The van der Waals surface area contributed by atoms with E-state index in [-0.39, 0.29) is 58.9 Å². The molecule has 0 heterocycles. The van der Waals surface area contributed by atoms with Crippen molar-refractivity contribution in [1.82, 2.24) is 0 Å². The summed E-state index contributed by atoms with van der Waals surface area (Å²) < 4.78 is 64.8. The van der Waals surface area contributed by atoms with Crippen molar-refractivity contribution in [2.45, 2.75) is 51.7 Å². The van der Waals surface area contributed by atoms with Crippen LogP contribution in [0.15, 0.2) is 36.4 Å². The molecule has 0 amide bonds. The zero-order valence-electron chi connectivity index (χ0n) is 22.3. The number of carbonyl (C=O) groups excluding carboxylic acids is 2. The van der Waals surface area contributed by atoms with Crippen LogP contribution in [0.1, 0.15) is 49.5 Å². The largest absolute Gasteiger partial charge is 0.573 e. The van der Waals surface area contributed by atoms with Crippen LogP contribution in [0, 0.1) is 5.92 Å². The van der Waals surface area contributed by atoms with E-state index in [9.17, 15) is 27.9 Å². The molecule has 0 aliphatic heterocycles. The third-order valence-electron chi connectivity index (χ3n) is 5.72. The Morgan fingerprint density at radius 2 is 1.77 bits per heavy atom. The van der Waals surface area contributed by atoms with Gasteiger partial charge in [0.1, 0.15) is 23.7 Å².